The Labute approximate surface area is 179 Å². The van der Waals surface area contributed by atoms with Crippen molar-refractivity contribution in [3.05, 3.63) is 94.6 Å². The van der Waals surface area contributed by atoms with E-state index in [1.807, 2.05) is 0 Å². The number of alkyl halides is 3. The fourth-order valence-corrected chi connectivity index (χ4v) is 2.98. The molecule has 0 unspecified atom stereocenters. The fourth-order valence-electron chi connectivity index (χ4n) is 2.98. The van der Waals surface area contributed by atoms with Crippen molar-refractivity contribution in [2.24, 2.45) is 0 Å². The average molecular weight is 454 g/mol. The van der Waals surface area contributed by atoms with Crippen molar-refractivity contribution in [3.8, 4) is 11.1 Å². The van der Waals surface area contributed by atoms with Crippen LogP contribution in [-0.2, 0) is 11.3 Å². The van der Waals surface area contributed by atoms with Crippen LogP contribution in [0.3, 0.4) is 0 Å². The monoisotopic (exact) mass is 454 g/mol. The summed E-state index contributed by atoms with van der Waals surface area (Å²) in [6.07, 6.45) is -4.56. The van der Waals surface area contributed by atoms with E-state index in [-0.39, 0.29) is 11.1 Å². The fraction of sp³-hybridized carbons (Fsp3) is 0.167. The third-order valence-corrected chi connectivity index (χ3v) is 4.60. The van der Waals surface area contributed by atoms with E-state index in [4.69, 9.17) is 0 Å². The zero-order valence-corrected chi connectivity index (χ0v) is 16.7. The lowest BCUT2D eigenvalue weighted by Crippen LogP contribution is -2.17. The summed E-state index contributed by atoms with van der Waals surface area (Å²) in [5.41, 5.74) is 0.718. The van der Waals surface area contributed by atoms with Crippen molar-refractivity contribution in [3.63, 3.8) is 0 Å². The van der Waals surface area contributed by atoms with Crippen molar-refractivity contribution < 1.29 is 35.5 Å². The van der Waals surface area contributed by atoms with Crippen molar-refractivity contribution in [2.45, 2.75) is 19.7 Å². The zero-order valence-electron chi connectivity index (χ0n) is 16.7. The van der Waals surface area contributed by atoms with Crippen LogP contribution in [0.2, 0.25) is 0 Å². The van der Waals surface area contributed by atoms with E-state index < -0.39 is 48.2 Å². The lowest BCUT2D eigenvalue weighted by Gasteiger charge is -2.09. The first-order valence-electron chi connectivity index (χ1n) is 9.40. The molecular formula is C24H17F7O. The van der Waals surface area contributed by atoms with Gasteiger partial charge in [-0.2, -0.15) is 13.2 Å². The first kappa shape index (κ1) is 23.5. The van der Waals surface area contributed by atoms with E-state index in [0.29, 0.717) is 17.2 Å². The molecule has 3 aromatic carbocycles. The summed E-state index contributed by atoms with van der Waals surface area (Å²) in [6, 6.07) is 12.8. The van der Waals surface area contributed by atoms with Crippen LogP contribution < -0.4 is 0 Å². The topological polar surface area (TPSA) is 9.23 Å². The van der Waals surface area contributed by atoms with Gasteiger partial charge in [0.25, 0.3) is 0 Å². The third kappa shape index (κ3) is 5.76. The Kier molecular flexibility index (Phi) is 7.03. The Morgan fingerprint density at radius 1 is 0.781 bits per heavy atom. The number of ether oxygens (including phenoxy) is 1. The summed E-state index contributed by atoms with van der Waals surface area (Å²) < 4.78 is 98.0. The van der Waals surface area contributed by atoms with Crippen molar-refractivity contribution in [2.75, 3.05) is 6.61 Å². The molecule has 3 aromatic rings. The van der Waals surface area contributed by atoms with Gasteiger partial charge in [-0.05, 0) is 30.2 Å². The van der Waals surface area contributed by atoms with Gasteiger partial charge >= 0.3 is 6.18 Å². The Hall–Kier alpha value is -3.13. The van der Waals surface area contributed by atoms with E-state index in [1.165, 1.54) is 30.3 Å². The molecule has 0 fully saturated rings. The maximum absolute atomic E-state index is 14.6. The molecule has 0 aliphatic rings. The minimum atomic E-state index is -4.56. The lowest BCUT2D eigenvalue weighted by molar-refractivity contribution is -0.176. The number of aryl methyl sites for hydroxylation is 1. The lowest BCUT2D eigenvalue weighted by atomic mass is 10.0. The molecule has 0 amide bonds. The summed E-state index contributed by atoms with van der Waals surface area (Å²) >= 11 is 0. The Bertz CT molecular complexity index is 1130. The minimum Gasteiger partial charge on any atom is -0.367 e. The van der Waals surface area contributed by atoms with Gasteiger partial charge in [-0.15, -0.1) is 0 Å². The quantitative estimate of drug-likeness (QED) is 0.273. The van der Waals surface area contributed by atoms with Crippen molar-refractivity contribution >= 4 is 11.7 Å². The highest BCUT2D eigenvalue weighted by Crippen LogP contribution is 2.32. The second kappa shape index (κ2) is 9.56. The summed E-state index contributed by atoms with van der Waals surface area (Å²) in [7, 11) is 0. The SMILES string of the molecule is Cc1ccc(-c2ccc(/C(F)=C(/F)c3ccc(COCC(F)(F)F)c(F)c3)cc2)c(F)c1. The largest absolute Gasteiger partial charge is 0.411 e. The molecule has 0 bridgehead atoms. The molecule has 1 nitrogen and oxygen atoms in total. The van der Waals surface area contributed by atoms with Gasteiger partial charge in [0.2, 0.25) is 0 Å². The van der Waals surface area contributed by atoms with Gasteiger partial charge in [0.05, 0.1) is 6.61 Å². The average Bonchev–Trinajstić information content (AvgIpc) is 2.73. The predicted molar refractivity (Wildman–Crippen MR) is 108 cm³/mol. The molecule has 0 heterocycles. The molecule has 0 spiro atoms. The van der Waals surface area contributed by atoms with Crippen LogP contribution in [0.15, 0.2) is 60.7 Å². The standard InChI is InChI=1S/C24H17F7O/c1-14-2-9-19(21(26)10-14)15-3-5-16(6-4-15)22(27)23(28)17-7-8-18(20(25)11-17)12-32-13-24(29,30)31/h2-11H,12-13H2,1H3/b23-22-. The van der Waals surface area contributed by atoms with Gasteiger partial charge in [-0.25, -0.2) is 17.6 Å². The summed E-state index contributed by atoms with van der Waals surface area (Å²) in [5.74, 6) is -4.09. The molecule has 0 aromatic heterocycles. The second-order valence-corrected chi connectivity index (χ2v) is 7.10. The van der Waals surface area contributed by atoms with Crippen LogP contribution in [0.5, 0.6) is 0 Å². The van der Waals surface area contributed by atoms with E-state index in [0.717, 1.165) is 17.7 Å². The van der Waals surface area contributed by atoms with Crippen LogP contribution in [0.1, 0.15) is 22.3 Å². The maximum atomic E-state index is 14.6. The van der Waals surface area contributed by atoms with Gasteiger partial charge < -0.3 is 4.74 Å². The molecule has 0 saturated carbocycles. The summed E-state index contributed by atoms with van der Waals surface area (Å²) in [6.45, 7) is -0.486. The highest BCUT2D eigenvalue weighted by molar-refractivity contribution is 5.83. The van der Waals surface area contributed by atoms with Crippen LogP contribution >= 0.6 is 0 Å². The number of halogens is 7. The molecule has 0 aliphatic carbocycles. The minimum absolute atomic E-state index is 0.142. The van der Waals surface area contributed by atoms with Crippen LogP contribution in [0.4, 0.5) is 30.7 Å². The van der Waals surface area contributed by atoms with E-state index in [1.54, 1.807) is 19.1 Å². The highest BCUT2D eigenvalue weighted by atomic mass is 19.4. The van der Waals surface area contributed by atoms with E-state index in [2.05, 4.69) is 4.74 Å². The Morgan fingerprint density at radius 2 is 1.41 bits per heavy atom. The molecule has 0 radical (unpaired) electrons. The molecule has 3 rings (SSSR count). The summed E-state index contributed by atoms with van der Waals surface area (Å²) in [4.78, 5) is 0. The van der Waals surface area contributed by atoms with Gasteiger partial charge in [0.15, 0.2) is 11.7 Å². The first-order chi connectivity index (χ1) is 15.0. The number of hydrogen-bond acceptors (Lipinski definition) is 1. The molecule has 0 aliphatic heterocycles. The van der Waals surface area contributed by atoms with Crippen molar-refractivity contribution in [1.82, 2.24) is 0 Å². The molecule has 0 atom stereocenters. The zero-order chi connectivity index (χ0) is 23.5. The molecule has 0 N–H and O–H groups in total. The molecule has 8 heteroatoms. The van der Waals surface area contributed by atoms with E-state index >= 15 is 0 Å². The van der Waals surface area contributed by atoms with Gasteiger partial charge in [-0.1, -0.05) is 48.5 Å². The Morgan fingerprint density at radius 3 is 2.00 bits per heavy atom. The maximum Gasteiger partial charge on any atom is 0.411 e. The number of benzene rings is 3. The molecular weight excluding hydrogens is 437 g/mol. The highest BCUT2D eigenvalue weighted by Gasteiger charge is 2.27. The van der Waals surface area contributed by atoms with Gasteiger partial charge in [0.1, 0.15) is 18.2 Å². The van der Waals surface area contributed by atoms with Gasteiger partial charge in [-0.3, -0.25) is 0 Å². The van der Waals surface area contributed by atoms with Crippen LogP contribution in [0.25, 0.3) is 22.8 Å². The third-order valence-electron chi connectivity index (χ3n) is 4.60. The number of hydrogen-bond donors (Lipinski definition) is 0. The smallest absolute Gasteiger partial charge is 0.367 e. The Balaban J connectivity index is 1.79. The normalized spacial score (nSPS) is 12.6. The molecule has 32 heavy (non-hydrogen) atoms. The van der Waals surface area contributed by atoms with Crippen LogP contribution in [-0.4, -0.2) is 12.8 Å². The predicted octanol–water partition coefficient (Wildman–Crippen LogP) is 7.78. The molecule has 0 saturated heterocycles. The van der Waals surface area contributed by atoms with Gasteiger partial charge in [0, 0.05) is 22.3 Å². The summed E-state index contributed by atoms with van der Waals surface area (Å²) in [5, 5.41) is 0. The number of rotatable bonds is 6. The van der Waals surface area contributed by atoms with E-state index in [9.17, 15) is 30.7 Å². The molecule has 168 valence electrons. The van der Waals surface area contributed by atoms with Crippen LogP contribution in [0, 0.1) is 18.6 Å². The first-order valence-corrected chi connectivity index (χ1v) is 9.40. The second-order valence-electron chi connectivity index (χ2n) is 7.10. The van der Waals surface area contributed by atoms with Crippen molar-refractivity contribution in [1.29, 1.82) is 0 Å².